The number of piperidine rings is 1. The molecule has 0 atom stereocenters. The van der Waals surface area contributed by atoms with Crippen molar-refractivity contribution in [2.45, 2.75) is 71.6 Å². The Labute approximate surface area is 138 Å². The Hall–Kier alpha value is -1.33. The second-order valence-electron chi connectivity index (χ2n) is 7.76. The molecule has 2 heterocycles. The predicted octanol–water partition coefficient (Wildman–Crippen LogP) is 3.07. The Bertz CT molecular complexity index is 556. The molecule has 0 aromatic carbocycles. The summed E-state index contributed by atoms with van der Waals surface area (Å²) in [6, 6.07) is 1.73. The molecule has 1 N–H and O–H groups in total. The molecule has 0 unspecified atom stereocenters. The zero-order valence-electron chi connectivity index (χ0n) is 15.1. The third kappa shape index (κ3) is 3.78. The van der Waals surface area contributed by atoms with Gasteiger partial charge in [-0.2, -0.15) is 0 Å². The average Bonchev–Trinajstić information content (AvgIpc) is 2.72. The van der Waals surface area contributed by atoms with Gasteiger partial charge in [-0.05, 0) is 47.6 Å². The van der Waals surface area contributed by atoms with Gasteiger partial charge in [0, 0.05) is 30.5 Å². The fraction of sp³-hybridized carbons (Fsp3) is 0.722. The monoisotopic (exact) mass is 323 g/mol. The fourth-order valence-electron chi connectivity index (χ4n) is 4.06. The van der Waals surface area contributed by atoms with E-state index in [0.717, 1.165) is 12.8 Å². The summed E-state index contributed by atoms with van der Waals surface area (Å²) < 4.78 is 11.2. The Morgan fingerprint density at radius 2 is 1.87 bits per heavy atom. The van der Waals surface area contributed by atoms with Gasteiger partial charge in [-0.1, -0.05) is 0 Å². The smallest absolute Gasteiger partial charge is 0.341 e. The van der Waals surface area contributed by atoms with Crippen molar-refractivity contribution in [1.82, 2.24) is 4.90 Å². The Balaban J connectivity index is 2.13. The number of nitrogens with zero attached hydrogens (tertiary/aromatic N) is 1. The minimum absolute atomic E-state index is 0.130. The number of ether oxygens (including phenoxy) is 1. The molecule has 1 aliphatic heterocycles. The third-order valence-corrected chi connectivity index (χ3v) is 4.77. The summed E-state index contributed by atoms with van der Waals surface area (Å²) in [5.74, 6) is 1.00. The summed E-state index contributed by atoms with van der Waals surface area (Å²) in [4.78, 5) is 14.7. The van der Waals surface area contributed by atoms with E-state index < -0.39 is 0 Å². The van der Waals surface area contributed by atoms with Crippen LogP contribution in [0.2, 0.25) is 0 Å². The van der Waals surface area contributed by atoms with Gasteiger partial charge in [0.25, 0.3) is 0 Å². The van der Waals surface area contributed by atoms with Crippen LogP contribution in [0.5, 0.6) is 0 Å². The number of esters is 1. The molecule has 1 aromatic heterocycles. The van der Waals surface area contributed by atoms with Crippen LogP contribution in [0.3, 0.4) is 0 Å². The number of rotatable bonds is 4. The van der Waals surface area contributed by atoms with Crippen molar-refractivity contribution in [1.29, 1.82) is 0 Å². The second-order valence-corrected chi connectivity index (χ2v) is 7.76. The van der Waals surface area contributed by atoms with Gasteiger partial charge in [0.1, 0.15) is 23.2 Å². The van der Waals surface area contributed by atoms with Gasteiger partial charge in [-0.3, -0.25) is 4.90 Å². The van der Waals surface area contributed by atoms with E-state index in [1.54, 1.807) is 13.0 Å². The van der Waals surface area contributed by atoms with Crippen LogP contribution in [0, 0.1) is 13.8 Å². The lowest BCUT2D eigenvalue weighted by molar-refractivity contribution is -0.0916. The first kappa shape index (κ1) is 18.0. The van der Waals surface area contributed by atoms with Crippen molar-refractivity contribution in [3.05, 3.63) is 23.2 Å². The first-order chi connectivity index (χ1) is 10.6. The molecule has 2 rings (SSSR count). The summed E-state index contributed by atoms with van der Waals surface area (Å²) in [6.07, 6.45) is 1.35. The summed E-state index contributed by atoms with van der Waals surface area (Å²) in [5.41, 5.74) is 0.226. The molecule has 0 aliphatic carbocycles. The van der Waals surface area contributed by atoms with E-state index in [0.29, 0.717) is 23.6 Å². The number of hydrogen-bond donors (Lipinski definition) is 1. The van der Waals surface area contributed by atoms with E-state index in [2.05, 4.69) is 32.6 Å². The van der Waals surface area contributed by atoms with Gasteiger partial charge < -0.3 is 14.3 Å². The molecule has 1 aliphatic rings. The maximum atomic E-state index is 12.4. The molecule has 1 saturated heterocycles. The van der Waals surface area contributed by atoms with Gasteiger partial charge in [0.15, 0.2) is 0 Å². The van der Waals surface area contributed by atoms with E-state index in [-0.39, 0.29) is 29.8 Å². The number of carbonyl (C=O) groups is 1. The number of aliphatic hydroxyl groups excluding tert-OH is 1. The van der Waals surface area contributed by atoms with Gasteiger partial charge in [0.2, 0.25) is 0 Å². The van der Waals surface area contributed by atoms with Crippen molar-refractivity contribution in [2.75, 3.05) is 13.2 Å². The van der Waals surface area contributed by atoms with Crippen LogP contribution in [-0.4, -0.2) is 46.3 Å². The number of likely N-dealkylation sites (tertiary alicyclic amines) is 1. The Morgan fingerprint density at radius 1 is 1.30 bits per heavy atom. The maximum absolute atomic E-state index is 12.4. The lowest BCUT2D eigenvalue weighted by atomic mass is 9.78. The van der Waals surface area contributed by atoms with Crippen LogP contribution in [0.4, 0.5) is 0 Å². The lowest BCUT2D eigenvalue weighted by Crippen LogP contribution is -2.62. The highest BCUT2D eigenvalue weighted by Crippen LogP contribution is 2.39. The van der Waals surface area contributed by atoms with Crippen LogP contribution < -0.4 is 0 Å². The molecule has 0 spiro atoms. The normalized spacial score (nSPS) is 21.3. The number of aliphatic hydroxyl groups is 1. The summed E-state index contributed by atoms with van der Waals surface area (Å²) in [7, 11) is 0. The van der Waals surface area contributed by atoms with E-state index >= 15 is 0 Å². The third-order valence-electron chi connectivity index (χ3n) is 4.77. The minimum atomic E-state index is -0.313. The van der Waals surface area contributed by atoms with Crippen LogP contribution in [0.15, 0.2) is 10.5 Å². The molecule has 0 saturated carbocycles. The summed E-state index contributed by atoms with van der Waals surface area (Å²) in [6.45, 7) is 12.9. The van der Waals surface area contributed by atoms with Crippen LogP contribution in [0.25, 0.3) is 0 Å². The summed E-state index contributed by atoms with van der Waals surface area (Å²) >= 11 is 0. The van der Waals surface area contributed by atoms with Crippen molar-refractivity contribution < 1.29 is 19.1 Å². The lowest BCUT2D eigenvalue weighted by Gasteiger charge is -2.54. The predicted molar refractivity (Wildman–Crippen MR) is 88.6 cm³/mol. The van der Waals surface area contributed by atoms with E-state index in [1.165, 1.54) is 0 Å². The Kier molecular flexibility index (Phi) is 4.92. The molecule has 130 valence electrons. The van der Waals surface area contributed by atoms with Crippen molar-refractivity contribution in [2.24, 2.45) is 0 Å². The van der Waals surface area contributed by atoms with Gasteiger partial charge in [-0.15, -0.1) is 0 Å². The van der Waals surface area contributed by atoms with E-state index in [4.69, 9.17) is 9.15 Å². The number of aryl methyl sites for hydroxylation is 2. The molecule has 23 heavy (non-hydrogen) atoms. The SMILES string of the molecule is Cc1cc(C(=O)OC2CC(C)(C)N(CCO)C(C)(C)C2)c(C)o1. The van der Waals surface area contributed by atoms with Gasteiger partial charge >= 0.3 is 5.97 Å². The zero-order valence-corrected chi connectivity index (χ0v) is 15.1. The van der Waals surface area contributed by atoms with Crippen molar-refractivity contribution >= 4 is 5.97 Å². The molecule has 1 aromatic rings. The first-order valence-corrected chi connectivity index (χ1v) is 8.23. The summed E-state index contributed by atoms with van der Waals surface area (Å²) in [5, 5.41) is 9.34. The molecule has 1 fully saturated rings. The number of furan rings is 1. The zero-order chi connectivity index (χ0) is 17.4. The molecule has 5 heteroatoms. The quantitative estimate of drug-likeness (QED) is 0.863. The minimum Gasteiger partial charge on any atom is -0.466 e. The van der Waals surface area contributed by atoms with Crippen molar-refractivity contribution in [3.8, 4) is 0 Å². The van der Waals surface area contributed by atoms with E-state index in [9.17, 15) is 9.90 Å². The highest BCUT2D eigenvalue weighted by atomic mass is 16.5. The van der Waals surface area contributed by atoms with Crippen LogP contribution >= 0.6 is 0 Å². The first-order valence-electron chi connectivity index (χ1n) is 8.23. The van der Waals surface area contributed by atoms with Gasteiger partial charge in [0.05, 0.1) is 6.61 Å². The topological polar surface area (TPSA) is 62.9 Å². The van der Waals surface area contributed by atoms with Crippen LogP contribution in [0.1, 0.15) is 62.4 Å². The second kappa shape index (κ2) is 6.29. The highest BCUT2D eigenvalue weighted by Gasteiger charge is 2.46. The van der Waals surface area contributed by atoms with Gasteiger partial charge in [-0.25, -0.2) is 4.79 Å². The van der Waals surface area contributed by atoms with Crippen molar-refractivity contribution in [3.63, 3.8) is 0 Å². The molecule has 0 bridgehead atoms. The van der Waals surface area contributed by atoms with Crippen LogP contribution in [-0.2, 0) is 4.74 Å². The molecule has 0 amide bonds. The number of β-amino-alcohol motifs (C(OH)–C–C–N with tert-alkyl or cyclic N) is 1. The fourth-order valence-corrected chi connectivity index (χ4v) is 4.06. The van der Waals surface area contributed by atoms with E-state index in [1.807, 2.05) is 6.92 Å². The molecular weight excluding hydrogens is 294 g/mol. The average molecular weight is 323 g/mol. The number of hydrogen-bond acceptors (Lipinski definition) is 5. The highest BCUT2D eigenvalue weighted by molar-refractivity contribution is 5.90. The molecule has 0 radical (unpaired) electrons. The number of carbonyl (C=O) groups excluding carboxylic acids is 1. The standard InChI is InChI=1S/C18H29NO4/c1-12-9-15(13(2)22-12)16(21)23-14-10-17(3,4)19(7-8-20)18(5,6)11-14/h9,14,20H,7-8,10-11H2,1-6H3. The maximum Gasteiger partial charge on any atom is 0.341 e. The largest absolute Gasteiger partial charge is 0.466 e. The Morgan fingerprint density at radius 3 is 2.30 bits per heavy atom. The molecule has 5 nitrogen and oxygen atoms in total. The molecular formula is C18H29NO4.